The van der Waals surface area contributed by atoms with Crippen molar-refractivity contribution in [3.63, 3.8) is 0 Å². The van der Waals surface area contributed by atoms with E-state index in [0.29, 0.717) is 12.3 Å². The Morgan fingerprint density at radius 1 is 0.629 bits per heavy atom. The second-order valence-electron chi connectivity index (χ2n) is 10.8. The van der Waals surface area contributed by atoms with Crippen LogP contribution in [0.2, 0.25) is 0 Å². The molecule has 1 fully saturated rings. The molecular weight excluding hydrogens is 430 g/mol. The third-order valence-electron chi connectivity index (χ3n) is 7.24. The highest BCUT2D eigenvalue weighted by Gasteiger charge is 2.38. The molecule has 1 N–H and O–H groups in total. The minimum atomic E-state index is 0.00165. The Morgan fingerprint density at radius 3 is 1.54 bits per heavy atom. The highest BCUT2D eigenvalue weighted by atomic mass is 16.1. The summed E-state index contributed by atoms with van der Waals surface area (Å²) in [6, 6.07) is 0.189. The molecule has 3 nitrogen and oxygen atoms in total. The fraction of sp³-hybridized carbons (Fsp3) is 0.812. The summed E-state index contributed by atoms with van der Waals surface area (Å²) in [6.07, 6.45) is 35.0. The van der Waals surface area contributed by atoms with Gasteiger partial charge < -0.3 is 5.32 Å². The third kappa shape index (κ3) is 20.5. The molecule has 202 valence electrons. The molecule has 0 spiro atoms. The molecule has 0 unspecified atom stereocenters. The summed E-state index contributed by atoms with van der Waals surface area (Å²) in [4.78, 5) is 24.2. The van der Waals surface area contributed by atoms with Crippen LogP contribution in [0.3, 0.4) is 0 Å². The number of nitrogens with one attached hydrogen (secondary N) is 1. The van der Waals surface area contributed by atoms with Gasteiger partial charge in [0, 0.05) is 12.5 Å². The van der Waals surface area contributed by atoms with Crippen molar-refractivity contribution < 1.29 is 9.59 Å². The first-order valence-corrected chi connectivity index (χ1v) is 15.3. The lowest BCUT2D eigenvalue weighted by Gasteiger charge is -2.01. The standard InChI is InChI=1S/C32H57NO2/c1-3-5-7-9-11-13-15-17-19-21-23-25-30(34)27-29-28-31(29)33-32(35)26-24-22-20-18-16-14-12-10-8-6-4-2/h23-26,29,31H,3-22,27-28H2,1-2H3,(H,33,35)/b25-23+,26-24+/t29-,31+/m1/s1. The summed E-state index contributed by atoms with van der Waals surface area (Å²) in [6.45, 7) is 4.52. The molecule has 35 heavy (non-hydrogen) atoms. The zero-order chi connectivity index (χ0) is 25.4. The number of ketones is 1. The van der Waals surface area contributed by atoms with Gasteiger partial charge in [-0.15, -0.1) is 0 Å². The molecule has 1 saturated carbocycles. The van der Waals surface area contributed by atoms with Gasteiger partial charge in [0.25, 0.3) is 0 Å². The molecule has 0 aromatic heterocycles. The molecule has 0 aromatic rings. The molecule has 1 aliphatic carbocycles. The van der Waals surface area contributed by atoms with E-state index >= 15 is 0 Å². The Bertz CT molecular complexity index is 530. The molecule has 3 heteroatoms. The Hall–Kier alpha value is -1.38. The smallest absolute Gasteiger partial charge is 0.243 e. The minimum Gasteiger partial charge on any atom is -0.350 e. The molecule has 0 heterocycles. The van der Waals surface area contributed by atoms with Gasteiger partial charge in [-0.25, -0.2) is 0 Å². The summed E-state index contributed by atoms with van der Waals surface area (Å²) in [5.74, 6) is 0.542. The topological polar surface area (TPSA) is 46.2 Å². The van der Waals surface area contributed by atoms with Crippen LogP contribution in [-0.2, 0) is 9.59 Å². The van der Waals surface area contributed by atoms with E-state index in [-0.39, 0.29) is 17.7 Å². The maximum absolute atomic E-state index is 12.2. The van der Waals surface area contributed by atoms with Gasteiger partial charge in [0.1, 0.15) is 0 Å². The molecule has 0 aromatic carbocycles. The lowest BCUT2D eigenvalue weighted by Crippen LogP contribution is -2.25. The maximum atomic E-state index is 12.2. The molecular formula is C32H57NO2. The lowest BCUT2D eigenvalue weighted by molar-refractivity contribution is -0.117. The van der Waals surface area contributed by atoms with E-state index in [1.165, 1.54) is 116 Å². The van der Waals surface area contributed by atoms with Crippen molar-refractivity contribution in [3.8, 4) is 0 Å². The van der Waals surface area contributed by atoms with Gasteiger partial charge in [0.05, 0.1) is 0 Å². The Labute approximate surface area is 218 Å². The Balaban J connectivity index is 1.92. The molecule has 2 atom stereocenters. The van der Waals surface area contributed by atoms with Crippen molar-refractivity contribution in [2.75, 3.05) is 0 Å². The number of carbonyl (C=O) groups is 2. The van der Waals surface area contributed by atoms with Crippen molar-refractivity contribution in [2.45, 2.75) is 161 Å². The second-order valence-corrected chi connectivity index (χ2v) is 10.8. The molecule has 1 aliphatic rings. The number of unbranched alkanes of at least 4 members (excludes halogenated alkanes) is 18. The monoisotopic (exact) mass is 487 g/mol. The first-order chi connectivity index (χ1) is 17.2. The second kappa shape index (κ2) is 23.0. The van der Waals surface area contributed by atoms with Crippen LogP contribution < -0.4 is 5.32 Å². The summed E-state index contributed by atoms with van der Waals surface area (Å²) in [5.41, 5.74) is 0. The summed E-state index contributed by atoms with van der Waals surface area (Å²) in [7, 11) is 0. The van der Waals surface area contributed by atoms with Crippen LogP contribution in [0.15, 0.2) is 24.3 Å². The van der Waals surface area contributed by atoms with Crippen LogP contribution in [0.4, 0.5) is 0 Å². The van der Waals surface area contributed by atoms with Gasteiger partial charge in [-0.2, -0.15) is 0 Å². The number of hydrogen-bond acceptors (Lipinski definition) is 2. The SMILES string of the molecule is CCCCCCCCCCC/C=C/C(=O)C[C@@H]1C[C@@H]1NC(=O)/C=C/CCCCCCCCCCC. The first kappa shape index (κ1) is 31.6. The Morgan fingerprint density at radius 2 is 1.06 bits per heavy atom. The summed E-state index contributed by atoms with van der Waals surface area (Å²) in [5, 5.41) is 3.05. The average molecular weight is 488 g/mol. The number of rotatable bonds is 25. The number of carbonyl (C=O) groups excluding carboxylic acids is 2. The number of allylic oxidation sites excluding steroid dienone is 3. The van der Waals surface area contributed by atoms with E-state index in [1.807, 2.05) is 6.08 Å². The van der Waals surface area contributed by atoms with Gasteiger partial charge in [0.15, 0.2) is 5.78 Å². The summed E-state index contributed by atoms with van der Waals surface area (Å²) < 4.78 is 0. The lowest BCUT2D eigenvalue weighted by atomic mass is 10.1. The zero-order valence-electron chi connectivity index (χ0n) is 23.3. The van der Waals surface area contributed by atoms with Gasteiger partial charge in [-0.1, -0.05) is 129 Å². The van der Waals surface area contributed by atoms with E-state index < -0.39 is 0 Å². The molecule has 0 aliphatic heterocycles. The van der Waals surface area contributed by atoms with Crippen molar-refractivity contribution >= 4 is 11.7 Å². The van der Waals surface area contributed by atoms with E-state index in [0.717, 1.165) is 19.3 Å². The van der Waals surface area contributed by atoms with E-state index in [4.69, 9.17) is 0 Å². The van der Waals surface area contributed by atoms with Crippen molar-refractivity contribution in [3.05, 3.63) is 24.3 Å². The minimum absolute atomic E-state index is 0.00165. The zero-order valence-corrected chi connectivity index (χ0v) is 23.3. The largest absolute Gasteiger partial charge is 0.350 e. The van der Waals surface area contributed by atoms with E-state index in [9.17, 15) is 9.59 Å². The molecule has 0 saturated heterocycles. The predicted octanol–water partition coefficient (Wildman–Crippen LogP) is 9.40. The van der Waals surface area contributed by atoms with Crippen molar-refractivity contribution in [2.24, 2.45) is 5.92 Å². The predicted molar refractivity (Wildman–Crippen MR) is 152 cm³/mol. The van der Waals surface area contributed by atoms with Crippen LogP contribution in [0.1, 0.15) is 155 Å². The molecule has 1 amide bonds. The van der Waals surface area contributed by atoms with Crippen LogP contribution in [0, 0.1) is 5.92 Å². The van der Waals surface area contributed by atoms with Crippen LogP contribution in [-0.4, -0.2) is 17.7 Å². The Kier molecular flexibility index (Phi) is 20.8. The van der Waals surface area contributed by atoms with Gasteiger partial charge in [-0.3, -0.25) is 9.59 Å². The van der Waals surface area contributed by atoms with E-state index in [1.54, 1.807) is 12.2 Å². The molecule has 0 bridgehead atoms. The molecule has 0 radical (unpaired) electrons. The first-order valence-electron chi connectivity index (χ1n) is 15.3. The fourth-order valence-corrected chi connectivity index (χ4v) is 4.76. The third-order valence-corrected chi connectivity index (χ3v) is 7.24. The van der Waals surface area contributed by atoms with Crippen molar-refractivity contribution in [1.29, 1.82) is 0 Å². The van der Waals surface area contributed by atoms with Crippen LogP contribution in [0.25, 0.3) is 0 Å². The highest BCUT2D eigenvalue weighted by Crippen LogP contribution is 2.34. The highest BCUT2D eigenvalue weighted by molar-refractivity contribution is 5.90. The van der Waals surface area contributed by atoms with Gasteiger partial charge in [0.2, 0.25) is 5.91 Å². The van der Waals surface area contributed by atoms with E-state index in [2.05, 4.69) is 25.2 Å². The van der Waals surface area contributed by atoms with Gasteiger partial charge >= 0.3 is 0 Å². The fourth-order valence-electron chi connectivity index (χ4n) is 4.76. The molecule has 1 rings (SSSR count). The van der Waals surface area contributed by atoms with Crippen LogP contribution in [0.5, 0.6) is 0 Å². The number of hydrogen-bond donors (Lipinski definition) is 1. The van der Waals surface area contributed by atoms with Gasteiger partial charge in [-0.05, 0) is 50.2 Å². The maximum Gasteiger partial charge on any atom is 0.243 e. The summed E-state index contributed by atoms with van der Waals surface area (Å²) >= 11 is 0. The normalized spacial score (nSPS) is 17.4. The quantitative estimate of drug-likeness (QED) is 0.103. The average Bonchev–Trinajstić information content (AvgIpc) is 3.57. The van der Waals surface area contributed by atoms with Crippen molar-refractivity contribution in [1.82, 2.24) is 5.32 Å². The number of amides is 1. The van der Waals surface area contributed by atoms with Crippen LogP contribution >= 0.6 is 0 Å².